The Morgan fingerprint density at radius 3 is 2.64 bits per heavy atom. The van der Waals surface area contributed by atoms with Gasteiger partial charge in [-0.25, -0.2) is 4.39 Å². The van der Waals surface area contributed by atoms with Crippen LogP contribution in [0.1, 0.15) is 21.6 Å². The van der Waals surface area contributed by atoms with E-state index in [1.165, 1.54) is 18.2 Å². The molecule has 0 aliphatic heterocycles. The van der Waals surface area contributed by atoms with E-state index < -0.39 is 5.82 Å². The average Bonchev–Trinajstić information content (AvgIpc) is 2.63. The van der Waals surface area contributed by atoms with E-state index in [4.69, 9.17) is 0 Å². The van der Waals surface area contributed by atoms with Crippen molar-refractivity contribution in [3.63, 3.8) is 0 Å². The summed E-state index contributed by atoms with van der Waals surface area (Å²) < 4.78 is 13.2. The Hall–Kier alpha value is -3.05. The van der Waals surface area contributed by atoms with Crippen LogP contribution in [0.15, 0.2) is 72.9 Å². The van der Waals surface area contributed by atoms with Gasteiger partial charge in [0.25, 0.3) is 5.91 Å². The summed E-state index contributed by atoms with van der Waals surface area (Å²) in [6.07, 6.45) is 1.76. The third kappa shape index (κ3) is 4.96. The number of rotatable bonds is 6. The van der Waals surface area contributed by atoms with Crippen LogP contribution < -0.4 is 10.6 Å². The maximum Gasteiger partial charge on any atom is 0.255 e. The zero-order chi connectivity index (χ0) is 17.5. The summed E-state index contributed by atoms with van der Waals surface area (Å²) >= 11 is 0. The number of nitrogens with one attached hydrogen (secondary N) is 2. The zero-order valence-electron chi connectivity index (χ0n) is 13.6. The minimum atomic E-state index is -0.430. The molecule has 0 bridgehead atoms. The van der Waals surface area contributed by atoms with Gasteiger partial charge in [0.2, 0.25) is 0 Å². The standard InChI is InChI=1S/C20H18FN3O/c21-17-7-4-6-16(12-17)20(25)24-18-9-3-5-15(11-18)13-22-14-19-8-1-2-10-23-19/h1-12,22H,13-14H2,(H,24,25). The predicted octanol–water partition coefficient (Wildman–Crippen LogP) is 3.76. The maximum absolute atomic E-state index is 13.2. The number of anilines is 1. The van der Waals surface area contributed by atoms with E-state index >= 15 is 0 Å². The first-order valence-electron chi connectivity index (χ1n) is 7.97. The Bertz CT molecular complexity index is 852. The summed E-state index contributed by atoms with van der Waals surface area (Å²) in [7, 11) is 0. The number of nitrogens with zero attached hydrogens (tertiary/aromatic N) is 1. The van der Waals surface area contributed by atoms with Crippen LogP contribution in [-0.2, 0) is 13.1 Å². The van der Waals surface area contributed by atoms with Gasteiger partial charge in [-0.15, -0.1) is 0 Å². The Morgan fingerprint density at radius 1 is 0.960 bits per heavy atom. The van der Waals surface area contributed by atoms with Crippen molar-refractivity contribution in [2.45, 2.75) is 13.1 Å². The molecule has 0 atom stereocenters. The molecule has 3 aromatic rings. The number of halogens is 1. The fraction of sp³-hybridized carbons (Fsp3) is 0.100. The molecule has 4 nitrogen and oxygen atoms in total. The lowest BCUT2D eigenvalue weighted by molar-refractivity contribution is 0.102. The van der Waals surface area contributed by atoms with Gasteiger partial charge in [0.15, 0.2) is 0 Å². The summed E-state index contributed by atoms with van der Waals surface area (Å²) in [6, 6.07) is 19.0. The average molecular weight is 335 g/mol. The Morgan fingerprint density at radius 2 is 1.84 bits per heavy atom. The molecule has 3 rings (SSSR count). The molecule has 0 unspecified atom stereocenters. The highest BCUT2D eigenvalue weighted by Crippen LogP contribution is 2.13. The monoisotopic (exact) mass is 335 g/mol. The summed E-state index contributed by atoms with van der Waals surface area (Å²) in [5.74, 6) is -0.766. The number of carbonyl (C=O) groups is 1. The zero-order valence-corrected chi connectivity index (χ0v) is 13.6. The van der Waals surface area contributed by atoms with Crippen LogP contribution in [-0.4, -0.2) is 10.9 Å². The van der Waals surface area contributed by atoms with E-state index in [1.54, 1.807) is 18.3 Å². The lowest BCUT2D eigenvalue weighted by Gasteiger charge is -2.09. The van der Waals surface area contributed by atoms with Gasteiger partial charge in [0.05, 0.1) is 5.69 Å². The minimum absolute atomic E-state index is 0.290. The number of carbonyl (C=O) groups excluding carboxylic acids is 1. The lowest BCUT2D eigenvalue weighted by atomic mass is 10.1. The van der Waals surface area contributed by atoms with Crippen LogP contribution in [0.25, 0.3) is 0 Å². The number of amides is 1. The third-order valence-corrected chi connectivity index (χ3v) is 3.63. The van der Waals surface area contributed by atoms with Crippen molar-refractivity contribution >= 4 is 11.6 Å². The van der Waals surface area contributed by atoms with Gasteiger partial charge < -0.3 is 10.6 Å². The normalized spacial score (nSPS) is 10.4. The maximum atomic E-state index is 13.2. The molecule has 1 aromatic heterocycles. The molecule has 2 aromatic carbocycles. The molecule has 0 fully saturated rings. The van der Waals surface area contributed by atoms with Crippen LogP contribution in [0.3, 0.4) is 0 Å². The van der Waals surface area contributed by atoms with Crippen LogP contribution in [0.2, 0.25) is 0 Å². The fourth-order valence-corrected chi connectivity index (χ4v) is 2.43. The van der Waals surface area contributed by atoms with E-state index in [0.29, 0.717) is 24.3 Å². The topological polar surface area (TPSA) is 54.0 Å². The molecule has 5 heteroatoms. The molecule has 0 spiro atoms. The molecule has 1 heterocycles. The van der Waals surface area contributed by atoms with Gasteiger partial charge in [0, 0.05) is 30.5 Å². The second-order valence-corrected chi connectivity index (χ2v) is 5.59. The smallest absolute Gasteiger partial charge is 0.255 e. The minimum Gasteiger partial charge on any atom is -0.322 e. The predicted molar refractivity (Wildman–Crippen MR) is 95.6 cm³/mol. The molecule has 0 radical (unpaired) electrons. The second kappa shape index (κ2) is 8.17. The molecule has 1 amide bonds. The molecular formula is C20H18FN3O. The van der Waals surface area contributed by atoms with Crippen LogP contribution >= 0.6 is 0 Å². The van der Waals surface area contributed by atoms with Gasteiger partial charge >= 0.3 is 0 Å². The number of aromatic nitrogens is 1. The molecule has 0 saturated heterocycles. The van der Waals surface area contributed by atoms with Crippen molar-refractivity contribution in [2.75, 3.05) is 5.32 Å². The Kier molecular flexibility index (Phi) is 5.49. The van der Waals surface area contributed by atoms with Gasteiger partial charge in [-0.2, -0.15) is 0 Å². The summed E-state index contributed by atoms with van der Waals surface area (Å²) in [4.78, 5) is 16.4. The summed E-state index contributed by atoms with van der Waals surface area (Å²) in [5.41, 5.74) is 2.97. The second-order valence-electron chi connectivity index (χ2n) is 5.59. The molecular weight excluding hydrogens is 317 g/mol. The first-order valence-corrected chi connectivity index (χ1v) is 7.97. The van der Waals surface area contributed by atoms with E-state index in [1.807, 2.05) is 36.4 Å². The molecule has 25 heavy (non-hydrogen) atoms. The lowest BCUT2D eigenvalue weighted by Crippen LogP contribution is -2.15. The number of benzene rings is 2. The van der Waals surface area contributed by atoms with Crippen LogP contribution in [0, 0.1) is 5.82 Å². The van der Waals surface area contributed by atoms with Crippen molar-refractivity contribution in [3.05, 3.63) is 95.6 Å². The molecule has 2 N–H and O–H groups in total. The molecule has 126 valence electrons. The Balaban J connectivity index is 1.58. The highest BCUT2D eigenvalue weighted by molar-refractivity contribution is 6.04. The number of pyridine rings is 1. The van der Waals surface area contributed by atoms with Crippen molar-refractivity contribution in [2.24, 2.45) is 0 Å². The molecule has 0 aliphatic rings. The van der Waals surface area contributed by atoms with Crippen LogP contribution in [0.5, 0.6) is 0 Å². The SMILES string of the molecule is O=C(Nc1cccc(CNCc2ccccn2)c1)c1cccc(F)c1. The van der Waals surface area contributed by atoms with Crippen molar-refractivity contribution in [1.29, 1.82) is 0 Å². The highest BCUT2D eigenvalue weighted by atomic mass is 19.1. The van der Waals surface area contributed by atoms with E-state index in [0.717, 1.165) is 11.3 Å². The van der Waals surface area contributed by atoms with Crippen molar-refractivity contribution in [3.8, 4) is 0 Å². The molecule has 0 saturated carbocycles. The first kappa shape index (κ1) is 16.8. The van der Waals surface area contributed by atoms with Gasteiger partial charge in [0.1, 0.15) is 5.82 Å². The number of hydrogen-bond acceptors (Lipinski definition) is 3. The fourth-order valence-electron chi connectivity index (χ4n) is 2.43. The summed E-state index contributed by atoms with van der Waals surface area (Å²) in [5, 5.41) is 6.10. The van der Waals surface area contributed by atoms with E-state index in [-0.39, 0.29) is 5.91 Å². The third-order valence-electron chi connectivity index (χ3n) is 3.63. The molecule has 0 aliphatic carbocycles. The number of hydrogen-bond donors (Lipinski definition) is 2. The quantitative estimate of drug-likeness (QED) is 0.721. The first-order chi connectivity index (χ1) is 12.2. The Labute approximate surface area is 145 Å². The summed E-state index contributed by atoms with van der Waals surface area (Å²) in [6.45, 7) is 1.32. The van der Waals surface area contributed by atoms with Crippen molar-refractivity contribution in [1.82, 2.24) is 10.3 Å². The van der Waals surface area contributed by atoms with Crippen LogP contribution in [0.4, 0.5) is 10.1 Å². The largest absolute Gasteiger partial charge is 0.322 e. The van der Waals surface area contributed by atoms with E-state index in [2.05, 4.69) is 15.6 Å². The van der Waals surface area contributed by atoms with Gasteiger partial charge in [-0.05, 0) is 48.0 Å². The van der Waals surface area contributed by atoms with Gasteiger partial charge in [-0.1, -0.05) is 24.3 Å². The van der Waals surface area contributed by atoms with E-state index in [9.17, 15) is 9.18 Å². The van der Waals surface area contributed by atoms with Gasteiger partial charge in [-0.3, -0.25) is 9.78 Å². The highest BCUT2D eigenvalue weighted by Gasteiger charge is 2.07. The van der Waals surface area contributed by atoms with Crippen molar-refractivity contribution < 1.29 is 9.18 Å².